The van der Waals surface area contributed by atoms with E-state index in [0.717, 1.165) is 11.1 Å². The van der Waals surface area contributed by atoms with Gasteiger partial charge in [-0.1, -0.05) is 17.7 Å². The number of nitrogens with zero attached hydrogens (tertiary/aromatic N) is 1. The molecule has 0 aliphatic carbocycles. The Bertz CT molecular complexity index is 722. The molecule has 6 heteroatoms. The van der Waals surface area contributed by atoms with Gasteiger partial charge in [0.25, 0.3) is 0 Å². The van der Waals surface area contributed by atoms with Crippen molar-refractivity contribution in [1.29, 1.82) is 0 Å². The Morgan fingerprint density at radius 3 is 2.57 bits per heavy atom. The lowest BCUT2D eigenvalue weighted by Gasteiger charge is -2.13. The molecule has 6 nitrogen and oxygen atoms in total. The fourth-order valence-electron chi connectivity index (χ4n) is 2.33. The van der Waals surface area contributed by atoms with Gasteiger partial charge >= 0.3 is 11.8 Å². The zero-order chi connectivity index (χ0) is 17.0. The van der Waals surface area contributed by atoms with Gasteiger partial charge in [-0.25, -0.2) is 0 Å². The predicted octanol–water partition coefficient (Wildman–Crippen LogP) is 1.43. The van der Waals surface area contributed by atoms with Crippen LogP contribution in [-0.4, -0.2) is 28.0 Å². The molecule has 2 amide bonds. The summed E-state index contributed by atoms with van der Waals surface area (Å²) in [5.74, 6) is -1.53. The standard InChI is InChI=1S/C17H21N3O3/c1-11-6-7-13(12(2)9-11)19-17(23)16(22)18-10-15(21)14-5-4-8-20(14)3/h4-9,15,21H,10H2,1-3H3,(H,18,22)(H,19,23). The number of aromatic nitrogens is 1. The summed E-state index contributed by atoms with van der Waals surface area (Å²) < 4.78 is 1.76. The van der Waals surface area contributed by atoms with Crippen molar-refractivity contribution in [1.82, 2.24) is 9.88 Å². The van der Waals surface area contributed by atoms with E-state index < -0.39 is 17.9 Å². The highest BCUT2D eigenvalue weighted by Gasteiger charge is 2.17. The minimum Gasteiger partial charge on any atom is -0.385 e. The summed E-state index contributed by atoms with van der Waals surface area (Å²) in [6.07, 6.45) is 0.931. The van der Waals surface area contributed by atoms with Crippen molar-refractivity contribution < 1.29 is 14.7 Å². The predicted molar refractivity (Wildman–Crippen MR) is 87.9 cm³/mol. The second kappa shape index (κ2) is 7.11. The second-order valence-corrected chi connectivity index (χ2v) is 5.54. The van der Waals surface area contributed by atoms with Gasteiger partial charge in [-0.15, -0.1) is 0 Å². The van der Waals surface area contributed by atoms with E-state index in [0.29, 0.717) is 11.4 Å². The van der Waals surface area contributed by atoms with E-state index in [-0.39, 0.29) is 6.54 Å². The fraction of sp³-hybridized carbons (Fsp3) is 0.294. The first-order valence-corrected chi connectivity index (χ1v) is 7.34. The molecule has 1 aromatic carbocycles. The SMILES string of the molecule is Cc1ccc(NC(=O)C(=O)NCC(O)c2cccn2C)c(C)c1. The van der Waals surface area contributed by atoms with Crippen LogP contribution in [0.5, 0.6) is 0 Å². The monoisotopic (exact) mass is 315 g/mol. The van der Waals surface area contributed by atoms with Crippen molar-refractivity contribution in [2.24, 2.45) is 7.05 Å². The number of rotatable bonds is 4. The smallest absolute Gasteiger partial charge is 0.313 e. The van der Waals surface area contributed by atoms with Crippen LogP contribution in [0.4, 0.5) is 5.69 Å². The van der Waals surface area contributed by atoms with Gasteiger partial charge in [0.15, 0.2) is 0 Å². The molecule has 2 rings (SSSR count). The van der Waals surface area contributed by atoms with Crippen LogP contribution in [0.1, 0.15) is 22.9 Å². The lowest BCUT2D eigenvalue weighted by atomic mass is 10.1. The Morgan fingerprint density at radius 2 is 1.96 bits per heavy atom. The van der Waals surface area contributed by atoms with Gasteiger partial charge < -0.3 is 20.3 Å². The highest BCUT2D eigenvalue weighted by Crippen LogP contribution is 2.16. The number of amides is 2. The maximum atomic E-state index is 11.9. The van der Waals surface area contributed by atoms with E-state index in [2.05, 4.69) is 10.6 Å². The molecule has 0 saturated heterocycles. The molecule has 0 spiro atoms. The molecule has 0 aliphatic heterocycles. The van der Waals surface area contributed by atoms with Crippen molar-refractivity contribution in [2.45, 2.75) is 20.0 Å². The molecule has 0 bridgehead atoms. The third-order valence-corrected chi connectivity index (χ3v) is 3.62. The van der Waals surface area contributed by atoms with Crippen LogP contribution in [0.15, 0.2) is 36.5 Å². The van der Waals surface area contributed by atoms with Crippen LogP contribution in [0.25, 0.3) is 0 Å². The largest absolute Gasteiger partial charge is 0.385 e. The van der Waals surface area contributed by atoms with Crippen LogP contribution in [0.3, 0.4) is 0 Å². The molecule has 0 saturated carbocycles. The molecule has 122 valence electrons. The van der Waals surface area contributed by atoms with Gasteiger partial charge in [-0.2, -0.15) is 0 Å². The van der Waals surface area contributed by atoms with Crippen molar-refractivity contribution >= 4 is 17.5 Å². The number of aliphatic hydroxyl groups excluding tert-OH is 1. The molecule has 23 heavy (non-hydrogen) atoms. The average Bonchev–Trinajstić information content (AvgIpc) is 2.93. The van der Waals surface area contributed by atoms with Crippen molar-refractivity contribution in [3.63, 3.8) is 0 Å². The Labute approximate surface area is 135 Å². The van der Waals surface area contributed by atoms with E-state index in [1.54, 1.807) is 36.0 Å². The number of carbonyl (C=O) groups is 2. The Balaban J connectivity index is 1.90. The lowest BCUT2D eigenvalue weighted by molar-refractivity contribution is -0.136. The van der Waals surface area contributed by atoms with Crippen LogP contribution < -0.4 is 10.6 Å². The van der Waals surface area contributed by atoms with E-state index in [9.17, 15) is 14.7 Å². The third-order valence-electron chi connectivity index (χ3n) is 3.62. The zero-order valence-corrected chi connectivity index (χ0v) is 13.5. The summed E-state index contributed by atoms with van der Waals surface area (Å²) in [4.78, 5) is 23.7. The number of hydrogen-bond acceptors (Lipinski definition) is 3. The van der Waals surface area contributed by atoms with E-state index in [1.807, 2.05) is 26.0 Å². The first-order chi connectivity index (χ1) is 10.9. The summed E-state index contributed by atoms with van der Waals surface area (Å²) in [7, 11) is 1.80. The van der Waals surface area contributed by atoms with E-state index in [4.69, 9.17) is 0 Å². The quantitative estimate of drug-likeness (QED) is 0.746. The summed E-state index contributed by atoms with van der Waals surface area (Å²) in [5, 5.41) is 15.0. The Kier molecular flexibility index (Phi) is 5.18. The van der Waals surface area contributed by atoms with Gasteiger partial charge in [-0.05, 0) is 37.6 Å². The van der Waals surface area contributed by atoms with Crippen LogP contribution in [0, 0.1) is 13.8 Å². The van der Waals surface area contributed by atoms with E-state index in [1.165, 1.54) is 0 Å². The summed E-state index contributed by atoms with van der Waals surface area (Å²) in [6, 6.07) is 9.10. The molecule has 3 N–H and O–H groups in total. The van der Waals surface area contributed by atoms with Gasteiger partial charge in [-0.3, -0.25) is 9.59 Å². The number of aliphatic hydroxyl groups is 1. The molecule has 0 aliphatic rings. The van der Waals surface area contributed by atoms with E-state index >= 15 is 0 Å². The van der Waals surface area contributed by atoms with Gasteiger partial charge in [0.2, 0.25) is 0 Å². The lowest BCUT2D eigenvalue weighted by Crippen LogP contribution is -2.38. The van der Waals surface area contributed by atoms with Crippen LogP contribution in [0.2, 0.25) is 0 Å². The van der Waals surface area contributed by atoms with Crippen LogP contribution >= 0.6 is 0 Å². The normalized spacial score (nSPS) is 11.8. The molecule has 1 atom stereocenters. The third kappa shape index (κ3) is 4.20. The number of nitrogens with one attached hydrogen (secondary N) is 2. The molecule has 2 aromatic rings. The van der Waals surface area contributed by atoms with Crippen molar-refractivity contribution in [2.75, 3.05) is 11.9 Å². The number of benzene rings is 1. The summed E-state index contributed by atoms with van der Waals surface area (Å²) in [6.45, 7) is 3.78. The topological polar surface area (TPSA) is 83.4 Å². The molecule has 1 heterocycles. The van der Waals surface area contributed by atoms with Gasteiger partial charge in [0.05, 0.1) is 0 Å². The Hall–Kier alpha value is -2.60. The fourth-order valence-corrected chi connectivity index (χ4v) is 2.33. The first kappa shape index (κ1) is 16.8. The molecular weight excluding hydrogens is 294 g/mol. The highest BCUT2D eigenvalue weighted by atomic mass is 16.3. The molecule has 1 aromatic heterocycles. The van der Waals surface area contributed by atoms with Gasteiger partial charge in [0, 0.05) is 31.2 Å². The first-order valence-electron chi connectivity index (χ1n) is 7.34. The maximum absolute atomic E-state index is 11.9. The van der Waals surface area contributed by atoms with Gasteiger partial charge in [0.1, 0.15) is 6.10 Å². The Morgan fingerprint density at radius 1 is 1.22 bits per heavy atom. The minimum atomic E-state index is -0.868. The average molecular weight is 315 g/mol. The molecular formula is C17H21N3O3. The number of anilines is 1. The van der Waals surface area contributed by atoms with Crippen molar-refractivity contribution in [3.8, 4) is 0 Å². The zero-order valence-electron chi connectivity index (χ0n) is 13.5. The number of aryl methyl sites for hydroxylation is 3. The molecule has 0 fully saturated rings. The molecule has 1 unspecified atom stereocenters. The van der Waals surface area contributed by atoms with Crippen LogP contribution in [-0.2, 0) is 16.6 Å². The second-order valence-electron chi connectivity index (χ2n) is 5.54. The molecule has 0 radical (unpaired) electrons. The number of hydrogen-bond donors (Lipinski definition) is 3. The summed E-state index contributed by atoms with van der Waals surface area (Å²) >= 11 is 0. The maximum Gasteiger partial charge on any atom is 0.313 e. The van der Waals surface area contributed by atoms with Crippen molar-refractivity contribution in [3.05, 3.63) is 53.3 Å². The summed E-state index contributed by atoms with van der Waals surface area (Å²) in [5.41, 5.74) is 3.23. The highest BCUT2D eigenvalue weighted by molar-refractivity contribution is 6.39. The number of carbonyl (C=O) groups excluding carboxylic acids is 2. The minimum absolute atomic E-state index is 0.0308.